The molecule has 4 aliphatic carbocycles. The molecule has 1 aromatic carbocycles. The maximum absolute atomic E-state index is 11.1. The lowest BCUT2D eigenvalue weighted by atomic mass is 9.44. The Morgan fingerprint density at radius 3 is 2.41 bits per heavy atom. The first kappa shape index (κ1) is 19.8. The number of aliphatic hydroxyl groups is 2. The van der Waals surface area contributed by atoms with Crippen LogP contribution in [0.1, 0.15) is 77.7 Å². The van der Waals surface area contributed by atoms with Crippen LogP contribution < -0.4 is 0 Å². The van der Waals surface area contributed by atoms with Gasteiger partial charge in [-0.3, -0.25) is 0 Å². The van der Waals surface area contributed by atoms with Crippen molar-refractivity contribution in [1.82, 2.24) is 0 Å². The largest absolute Gasteiger partial charge is 0.390 e. The molecule has 4 fully saturated rings. The maximum Gasteiger partial charge on any atom is 0.0756 e. The molecule has 7 unspecified atom stereocenters. The van der Waals surface area contributed by atoms with E-state index in [1.165, 1.54) is 36.8 Å². The van der Waals surface area contributed by atoms with Crippen molar-refractivity contribution in [3.05, 3.63) is 41.5 Å². The van der Waals surface area contributed by atoms with E-state index < -0.39 is 5.60 Å². The zero-order valence-electron chi connectivity index (χ0n) is 18.4. The summed E-state index contributed by atoms with van der Waals surface area (Å²) in [5.41, 5.74) is 2.33. The Bertz CT molecular complexity index is 796. The Kier molecular flexibility index (Phi) is 4.57. The highest BCUT2D eigenvalue weighted by molar-refractivity contribution is 5.54. The minimum Gasteiger partial charge on any atom is -0.390 e. The monoisotopic (exact) mass is 394 g/mol. The fourth-order valence-electron chi connectivity index (χ4n) is 8.33. The van der Waals surface area contributed by atoms with Crippen LogP contribution in [0.15, 0.2) is 35.9 Å². The van der Waals surface area contributed by atoms with Crippen molar-refractivity contribution in [2.45, 2.75) is 83.8 Å². The minimum absolute atomic E-state index is 0.0915. The van der Waals surface area contributed by atoms with Crippen LogP contribution in [0.4, 0.5) is 0 Å². The van der Waals surface area contributed by atoms with Crippen LogP contribution >= 0.6 is 0 Å². The van der Waals surface area contributed by atoms with Crippen molar-refractivity contribution in [2.75, 3.05) is 0 Å². The zero-order chi connectivity index (χ0) is 20.4. The van der Waals surface area contributed by atoms with Crippen LogP contribution in [0.25, 0.3) is 6.08 Å². The van der Waals surface area contributed by atoms with Crippen molar-refractivity contribution in [3.8, 4) is 0 Å². The van der Waals surface area contributed by atoms with Crippen molar-refractivity contribution < 1.29 is 10.2 Å². The highest BCUT2D eigenvalue weighted by atomic mass is 16.3. The van der Waals surface area contributed by atoms with E-state index in [0.717, 1.165) is 37.5 Å². The predicted molar refractivity (Wildman–Crippen MR) is 118 cm³/mol. The molecule has 4 aliphatic rings. The summed E-state index contributed by atoms with van der Waals surface area (Å²) in [6.07, 6.45) is 11.1. The fourth-order valence-corrected chi connectivity index (χ4v) is 8.33. The average molecular weight is 395 g/mol. The number of hydrogen-bond donors (Lipinski definition) is 2. The Hall–Kier alpha value is -1.12. The molecule has 0 heterocycles. The molecule has 0 saturated heterocycles. The van der Waals surface area contributed by atoms with Gasteiger partial charge < -0.3 is 10.2 Å². The summed E-state index contributed by atoms with van der Waals surface area (Å²) in [5.74, 6) is 2.79. The van der Waals surface area contributed by atoms with E-state index in [2.05, 4.69) is 57.2 Å². The van der Waals surface area contributed by atoms with Crippen molar-refractivity contribution in [2.24, 2.45) is 34.5 Å². The Labute approximate surface area is 176 Å². The average Bonchev–Trinajstić information content (AvgIpc) is 2.93. The topological polar surface area (TPSA) is 40.5 Å². The van der Waals surface area contributed by atoms with Gasteiger partial charge in [-0.25, -0.2) is 0 Å². The second kappa shape index (κ2) is 6.69. The van der Waals surface area contributed by atoms with Gasteiger partial charge in [0.2, 0.25) is 0 Å². The lowest BCUT2D eigenvalue weighted by molar-refractivity contribution is -0.146. The van der Waals surface area contributed by atoms with E-state index in [1.807, 2.05) is 0 Å². The van der Waals surface area contributed by atoms with Gasteiger partial charge in [0.05, 0.1) is 11.7 Å². The third-order valence-corrected chi connectivity index (χ3v) is 10.3. The molecule has 2 nitrogen and oxygen atoms in total. The lowest BCUT2D eigenvalue weighted by Gasteiger charge is -2.61. The SMILES string of the molecule is CC12C/C(=C\c3ccccc3)C(O)CC1CCC1C2CCC2(C)C1CC[C@]2(C)O. The number of aliphatic hydroxyl groups excluding tert-OH is 1. The van der Waals surface area contributed by atoms with Gasteiger partial charge in [-0.15, -0.1) is 0 Å². The minimum atomic E-state index is -0.498. The fraction of sp³-hybridized carbons (Fsp3) is 0.704. The first-order valence-electron chi connectivity index (χ1n) is 11.9. The van der Waals surface area contributed by atoms with Crippen molar-refractivity contribution in [1.29, 1.82) is 0 Å². The van der Waals surface area contributed by atoms with Gasteiger partial charge in [0.25, 0.3) is 0 Å². The summed E-state index contributed by atoms with van der Waals surface area (Å²) in [4.78, 5) is 0. The third kappa shape index (κ3) is 2.89. The highest BCUT2D eigenvalue weighted by Gasteiger charge is 2.63. The summed E-state index contributed by atoms with van der Waals surface area (Å²) in [7, 11) is 0. The molecule has 4 saturated carbocycles. The normalized spacial score (nSPS) is 50.7. The second-order valence-corrected chi connectivity index (χ2v) is 11.5. The van der Waals surface area contributed by atoms with E-state index in [0.29, 0.717) is 17.3 Å². The van der Waals surface area contributed by atoms with Gasteiger partial charge >= 0.3 is 0 Å². The molecule has 0 radical (unpaired) electrons. The molecule has 2 N–H and O–H groups in total. The van der Waals surface area contributed by atoms with Crippen LogP contribution in [-0.2, 0) is 0 Å². The second-order valence-electron chi connectivity index (χ2n) is 11.5. The summed E-state index contributed by atoms with van der Waals surface area (Å²) >= 11 is 0. The van der Waals surface area contributed by atoms with E-state index in [-0.39, 0.29) is 11.5 Å². The standard InChI is InChI=1S/C27H38O2/c1-25-17-19(15-18-7-5-4-6-8-18)24(28)16-20(25)9-10-21-22(25)11-13-26(2)23(21)12-14-27(26,3)29/h4-8,15,20-24,28-29H,9-14,16-17H2,1-3H3/b19-15+/t20?,21?,22?,23?,24?,25?,26?,27-/m0/s1. The van der Waals surface area contributed by atoms with E-state index >= 15 is 0 Å². The summed E-state index contributed by atoms with van der Waals surface area (Å²) in [6, 6.07) is 10.5. The molecule has 0 bridgehead atoms. The zero-order valence-corrected chi connectivity index (χ0v) is 18.4. The van der Waals surface area contributed by atoms with Crippen molar-refractivity contribution >= 4 is 6.08 Å². The van der Waals surface area contributed by atoms with Crippen LogP contribution in [0.3, 0.4) is 0 Å². The molecule has 0 spiro atoms. The van der Waals surface area contributed by atoms with E-state index in [1.54, 1.807) is 0 Å². The van der Waals surface area contributed by atoms with Crippen LogP contribution in [-0.4, -0.2) is 21.9 Å². The summed E-state index contributed by atoms with van der Waals surface area (Å²) < 4.78 is 0. The van der Waals surface area contributed by atoms with Gasteiger partial charge in [-0.2, -0.15) is 0 Å². The molecule has 2 heteroatoms. The Balaban J connectivity index is 1.46. The quantitative estimate of drug-likeness (QED) is 0.629. The molecule has 0 aliphatic heterocycles. The summed E-state index contributed by atoms with van der Waals surface area (Å²) in [5, 5.41) is 22.1. The first-order valence-corrected chi connectivity index (χ1v) is 11.9. The molecule has 0 amide bonds. The smallest absolute Gasteiger partial charge is 0.0756 e. The van der Waals surface area contributed by atoms with Gasteiger partial charge in [0.15, 0.2) is 0 Å². The molecule has 158 valence electrons. The number of rotatable bonds is 1. The van der Waals surface area contributed by atoms with Gasteiger partial charge in [-0.1, -0.05) is 50.3 Å². The van der Waals surface area contributed by atoms with Crippen LogP contribution in [0.5, 0.6) is 0 Å². The molecule has 29 heavy (non-hydrogen) atoms. The maximum atomic E-state index is 11.1. The number of fused-ring (bicyclic) bond motifs is 5. The molecular weight excluding hydrogens is 356 g/mol. The van der Waals surface area contributed by atoms with Crippen LogP contribution in [0.2, 0.25) is 0 Å². The van der Waals surface area contributed by atoms with E-state index in [4.69, 9.17) is 0 Å². The van der Waals surface area contributed by atoms with Gasteiger partial charge in [0, 0.05) is 0 Å². The Morgan fingerprint density at radius 2 is 1.66 bits per heavy atom. The predicted octanol–water partition coefficient (Wildman–Crippen LogP) is 5.83. The molecular formula is C27H38O2. The lowest BCUT2D eigenvalue weighted by Crippen LogP contribution is -2.56. The molecule has 1 aromatic rings. The van der Waals surface area contributed by atoms with Gasteiger partial charge in [0.1, 0.15) is 0 Å². The van der Waals surface area contributed by atoms with Crippen molar-refractivity contribution in [3.63, 3.8) is 0 Å². The summed E-state index contributed by atoms with van der Waals surface area (Å²) in [6.45, 7) is 7.01. The first-order chi connectivity index (χ1) is 13.7. The number of benzene rings is 1. The number of hydrogen-bond acceptors (Lipinski definition) is 2. The van der Waals surface area contributed by atoms with Gasteiger partial charge in [-0.05, 0) is 104 Å². The van der Waals surface area contributed by atoms with Crippen LogP contribution in [0, 0.1) is 34.5 Å². The highest BCUT2D eigenvalue weighted by Crippen LogP contribution is 2.68. The third-order valence-electron chi connectivity index (χ3n) is 10.3. The molecule has 0 aromatic heterocycles. The molecule has 8 atom stereocenters. The van der Waals surface area contributed by atoms with E-state index in [9.17, 15) is 10.2 Å². The Morgan fingerprint density at radius 1 is 0.931 bits per heavy atom. The molecule has 5 rings (SSSR count).